The van der Waals surface area contributed by atoms with Crippen LogP contribution in [0.2, 0.25) is 0 Å². The van der Waals surface area contributed by atoms with E-state index in [1.807, 2.05) is 6.92 Å². The van der Waals surface area contributed by atoms with Crippen molar-refractivity contribution in [1.29, 1.82) is 0 Å². The number of hydrogen-bond acceptors (Lipinski definition) is 5. The largest absolute Gasteiger partial charge is 0.872 e. The minimum Gasteiger partial charge on any atom is -0.872 e. The average Bonchev–Trinajstić information content (AvgIpc) is 2.40. The summed E-state index contributed by atoms with van der Waals surface area (Å²) in [5.74, 6) is -0.0353. The molecule has 0 aliphatic carbocycles. The first-order valence-electron chi connectivity index (χ1n) is 5.67. The summed E-state index contributed by atoms with van der Waals surface area (Å²) in [5.41, 5.74) is 2.59. The maximum absolute atomic E-state index is 11.0. The predicted octanol–water partition coefficient (Wildman–Crippen LogP) is 2.49. The van der Waals surface area contributed by atoms with Crippen LogP contribution >= 0.6 is 0 Å². The van der Waals surface area contributed by atoms with E-state index in [0.717, 1.165) is 11.3 Å². The Kier molecular flexibility index (Phi) is 3.79. The molecule has 2 rings (SSSR count). The Morgan fingerprint density at radius 3 is 2.11 bits per heavy atom. The van der Waals surface area contributed by atoms with Crippen molar-refractivity contribution in [3.05, 3.63) is 54.1 Å². The third kappa shape index (κ3) is 3.31. The molecule has 0 saturated heterocycles. The Balaban J connectivity index is 2.22. The Morgan fingerprint density at radius 2 is 1.58 bits per heavy atom. The Labute approximate surface area is 110 Å². The summed E-state index contributed by atoms with van der Waals surface area (Å²) in [6.45, 7) is 1.85. The normalized spacial score (nSPS) is 11.4. The van der Waals surface area contributed by atoms with Gasteiger partial charge in [0, 0.05) is 5.71 Å². The molecule has 0 unspecified atom stereocenters. The van der Waals surface area contributed by atoms with Crippen molar-refractivity contribution >= 4 is 17.1 Å². The molecule has 0 fully saturated rings. The zero-order valence-electron chi connectivity index (χ0n) is 10.3. The van der Waals surface area contributed by atoms with E-state index in [4.69, 9.17) is 10.4 Å². The zero-order valence-corrected chi connectivity index (χ0v) is 10.3. The van der Waals surface area contributed by atoms with E-state index in [-0.39, 0.29) is 16.7 Å². The van der Waals surface area contributed by atoms with Gasteiger partial charge in [0.15, 0.2) is 0 Å². The van der Waals surface area contributed by atoms with Gasteiger partial charge in [0.05, 0.1) is 11.4 Å². The summed E-state index contributed by atoms with van der Waals surface area (Å²) in [7, 11) is 0. The molecule has 0 amide bonds. The lowest BCUT2D eigenvalue weighted by atomic mass is 10.1. The van der Waals surface area contributed by atoms with Crippen LogP contribution < -0.4 is 10.3 Å². The van der Waals surface area contributed by atoms with Gasteiger partial charge in [-0.25, -0.2) is 0 Å². The topological polar surface area (TPSA) is 79.1 Å². The maximum atomic E-state index is 11.0. The van der Waals surface area contributed by atoms with Gasteiger partial charge in [-0.05, 0) is 36.8 Å². The second-order valence-corrected chi connectivity index (χ2v) is 4.03. The number of rotatable bonds is 3. The second kappa shape index (κ2) is 5.51. The standard InChI is InChI=1S/C14H14N2O3/c1-10(11-2-8-14(17)9-3-11)15-12-4-6-13(7-5-12)16(18)19/h2-9,17-19H,1H3/p-1. The maximum Gasteiger partial charge on any atom is 0.0944 e. The predicted molar refractivity (Wildman–Crippen MR) is 70.3 cm³/mol. The number of hydrogen-bond donors (Lipinski definition) is 2. The first-order chi connectivity index (χ1) is 9.06. The molecule has 0 radical (unpaired) electrons. The molecule has 0 bridgehead atoms. The molecule has 5 heteroatoms. The lowest BCUT2D eigenvalue weighted by Crippen LogP contribution is -2.10. The van der Waals surface area contributed by atoms with Crippen LogP contribution in [0.15, 0.2) is 53.5 Å². The molecular formula is C14H13N2O3-. The molecule has 2 aromatic carbocycles. The minimum absolute atomic E-state index is 0.0353. The summed E-state index contributed by atoms with van der Waals surface area (Å²) >= 11 is 0. The molecule has 19 heavy (non-hydrogen) atoms. The zero-order chi connectivity index (χ0) is 13.8. The fourth-order valence-corrected chi connectivity index (χ4v) is 1.61. The molecule has 2 aromatic rings. The molecule has 0 saturated carbocycles. The lowest BCUT2D eigenvalue weighted by Gasteiger charge is -2.08. The SMILES string of the molecule is CC(=Nc1ccc(N(O)O)cc1)c1ccc([O-])cc1. The number of nitrogens with zero attached hydrogens (tertiary/aromatic N) is 2. The summed E-state index contributed by atoms with van der Waals surface area (Å²) in [5, 5.41) is 28.7. The van der Waals surface area contributed by atoms with Gasteiger partial charge in [-0.3, -0.25) is 15.4 Å². The second-order valence-electron chi connectivity index (χ2n) is 4.03. The van der Waals surface area contributed by atoms with Crippen LogP contribution in [0.5, 0.6) is 5.75 Å². The van der Waals surface area contributed by atoms with E-state index < -0.39 is 0 Å². The lowest BCUT2D eigenvalue weighted by molar-refractivity contribution is -0.268. The molecule has 5 nitrogen and oxygen atoms in total. The molecule has 0 aromatic heterocycles. The molecular weight excluding hydrogens is 244 g/mol. The van der Waals surface area contributed by atoms with E-state index in [1.54, 1.807) is 24.3 Å². The van der Waals surface area contributed by atoms with Crippen molar-refractivity contribution < 1.29 is 15.5 Å². The average molecular weight is 257 g/mol. The van der Waals surface area contributed by atoms with Crippen LogP contribution in [0.1, 0.15) is 12.5 Å². The Morgan fingerprint density at radius 1 is 1.00 bits per heavy atom. The van der Waals surface area contributed by atoms with Gasteiger partial charge in [0.25, 0.3) is 0 Å². The first-order valence-corrected chi connectivity index (χ1v) is 5.67. The van der Waals surface area contributed by atoms with Crippen LogP contribution in [0.4, 0.5) is 11.4 Å². The first kappa shape index (κ1) is 13.1. The van der Waals surface area contributed by atoms with Crippen molar-refractivity contribution in [2.24, 2.45) is 4.99 Å². The summed E-state index contributed by atoms with van der Waals surface area (Å²) < 4.78 is 0. The van der Waals surface area contributed by atoms with Gasteiger partial charge in [-0.1, -0.05) is 24.3 Å². The fourth-order valence-electron chi connectivity index (χ4n) is 1.61. The van der Waals surface area contributed by atoms with Crippen LogP contribution in [-0.2, 0) is 0 Å². The summed E-state index contributed by atoms with van der Waals surface area (Å²) in [6.07, 6.45) is 0. The van der Waals surface area contributed by atoms with E-state index in [9.17, 15) is 5.11 Å². The molecule has 0 spiro atoms. The number of aliphatic imine (C=N–C) groups is 1. The van der Waals surface area contributed by atoms with Crippen molar-refractivity contribution in [1.82, 2.24) is 0 Å². The van der Waals surface area contributed by atoms with Gasteiger partial charge < -0.3 is 5.11 Å². The van der Waals surface area contributed by atoms with Gasteiger partial charge in [-0.15, -0.1) is 11.0 Å². The van der Waals surface area contributed by atoms with Gasteiger partial charge >= 0.3 is 0 Å². The summed E-state index contributed by atoms with van der Waals surface area (Å²) in [6, 6.07) is 12.8. The molecule has 98 valence electrons. The Hall–Kier alpha value is -2.37. The summed E-state index contributed by atoms with van der Waals surface area (Å²) in [4.78, 5) is 4.39. The highest BCUT2D eigenvalue weighted by Gasteiger charge is 2.00. The van der Waals surface area contributed by atoms with E-state index in [2.05, 4.69) is 4.99 Å². The molecule has 0 atom stereocenters. The Bertz CT molecular complexity index is 575. The third-order valence-electron chi connectivity index (χ3n) is 2.65. The van der Waals surface area contributed by atoms with Gasteiger partial charge in [0.2, 0.25) is 0 Å². The number of benzene rings is 2. The van der Waals surface area contributed by atoms with Crippen molar-refractivity contribution in [3.8, 4) is 5.75 Å². The van der Waals surface area contributed by atoms with Crippen molar-refractivity contribution in [2.45, 2.75) is 6.92 Å². The highest BCUT2D eigenvalue weighted by molar-refractivity contribution is 6.00. The quantitative estimate of drug-likeness (QED) is 0.654. The van der Waals surface area contributed by atoms with E-state index >= 15 is 0 Å². The van der Waals surface area contributed by atoms with Gasteiger partial charge in [-0.2, -0.15) is 0 Å². The highest BCUT2D eigenvalue weighted by Crippen LogP contribution is 2.19. The van der Waals surface area contributed by atoms with Crippen LogP contribution in [-0.4, -0.2) is 16.1 Å². The van der Waals surface area contributed by atoms with Gasteiger partial charge in [0.1, 0.15) is 0 Å². The molecule has 0 aliphatic heterocycles. The van der Waals surface area contributed by atoms with Crippen molar-refractivity contribution in [2.75, 3.05) is 5.23 Å². The minimum atomic E-state index is -0.0353. The van der Waals surface area contributed by atoms with E-state index in [1.165, 1.54) is 24.3 Å². The van der Waals surface area contributed by atoms with Crippen LogP contribution in [0, 0.1) is 0 Å². The van der Waals surface area contributed by atoms with Crippen LogP contribution in [0.3, 0.4) is 0 Å². The number of anilines is 1. The monoisotopic (exact) mass is 257 g/mol. The molecule has 2 N–H and O–H groups in total. The highest BCUT2D eigenvalue weighted by atomic mass is 16.8. The van der Waals surface area contributed by atoms with Crippen LogP contribution in [0.25, 0.3) is 0 Å². The smallest absolute Gasteiger partial charge is 0.0944 e. The molecule has 0 heterocycles. The third-order valence-corrected chi connectivity index (χ3v) is 2.65. The molecule has 0 aliphatic rings. The van der Waals surface area contributed by atoms with E-state index in [0.29, 0.717) is 5.69 Å². The fraction of sp³-hybridized carbons (Fsp3) is 0.0714. The van der Waals surface area contributed by atoms with Crippen molar-refractivity contribution in [3.63, 3.8) is 0 Å².